The average molecular weight is 354 g/mol. The topological polar surface area (TPSA) is 71.1 Å². The number of Topliss-reactive ketones (excluding diaryl/α,β-unsaturated/α-hetero) is 1. The van der Waals surface area contributed by atoms with Crippen LogP contribution in [0, 0.1) is 0 Å². The standard InChI is InChI=1S/C20H18O6/c1-23-17-5-3-2-4-14(17)7-9-20(22)26-13-16(21)15-6-8-18-19(12-15)25-11-10-24-18/h2-9,12H,10-11,13H2,1H3. The number of ether oxygens (including phenoxy) is 4. The zero-order valence-corrected chi connectivity index (χ0v) is 14.3. The third-order valence-electron chi connectivity index (χ3n) is 3.75. The van der Waals surface area contributed by atoms with Crippen molar-refractivity contribution in [2.24, 2.45) is 0 Å². The Morgan fingerprint density at radius 1 is 1.08 bits per heavy atom. The van der Waals surface area contributed by atoms with Crippen LogP contribution in [0.4, 0.5) is 0 Å². The fourth-order valence-electron chi connectivity index (χ4n) is 2.45. The van der Waals surface area contributed by atoms with Crippen molar-refractivity contribution in [1.29, 1.82) is 0 Å². The van der Waals surface area contributed by atoms with Gasteiger partial charge in [-0.1, -0.05) is 18.2 Å². The molecule has 2 aromatic rings. The molecule has 1 aliphatic rings. The SMILES string of the molecule is COc1ccccc1C=CC(=O)OCC(=O)c1ccc2c(c1)OCCO2. The van der Waals surface area contributed by atoms with Crippen molar-refractivity contribution in [2.75, 3.05) is 26.9 Å². The summed E-state index contributed by atoms with van der Waals surface area (Å²) in [6.07, 6.45) is 2.84. The summed E-state index contributed by atoms with van der Waals surface area (Å²) >= 11 is 0. The van der Waals surface area contributed by atoms with Crippen LogP contribution in [0.2, 0.25) is 0 Å². The Morgan fingerprint density at radius 3 is 2.65 bits per heavy atom. The number of benzene rings is 2. The Balaban J connectivity index is 1.57. The number of esters is 1. The van der Waals surface area contributed by atoms with Gasteiger partial charge in [0.25, 0.3) is 0 Å². The highest BCUT2D eigenvalue weighted by Crippen LogP contribution is 2.30. The number of carbonyl (C=O) groups excluding carboxylic acids is 2. The van der Waals surface area contributed by atoms with Crippen molar-refractivity contribution < 1.29 is 28.5 Å². The van der Waals surface area contributed by atoms with Crippen LogP contribution in [0.25, 0.3) is 6.08 Å². The van der Waals surface area contributed by atoms with Crippen LogP contribution in [-0.2, 0) is 9.53 Å². The van der Waals surface area contributed by atoms with E-state index in [1.807, 2.05) is 18.2 Å². The van der Waals surface area contributed by atoms with E-state index in [4.69, 9.17) is 18.9 Å². The van der Waals surface area contributed by atoms with Crippen molar-refractivity contribution >= 4 is 17.8 Å². The minimum Gasteiger partial charge on any atom is -0.496 e. The predicted octanol–water partition coefficient (Wildman–Crippen LogP) is 2.91. The third-order valence-corrected chi connectivity index (χ3v) is 3.75. The Hall–Kier alpha value is -3.28. The van der Waals surface area contributed by atoms with E-state index >= 15 is 0 Å². The van der Waals surface area contributed by atoms with Gasteiger partial charge in [-0.15, -0.1) is 0 Å². The highest BCUT2D eigenvalue weighted by molar-refractivity contribution is 5.99. The maximum absolute atomic E-state index is 12.2. The second-order valence-corrected chi connectivity index (χ2v) is 5.46. The summed E-state index contributed by atoms with van der Waals surface area (Å²) in [5, 5.41) is 0. The van der Waals surface area contributed by atoms with Crippen LogP contribution in [0.5, 0.6) is 17.2 Å². The van der Waals surface area contributed by atoms with Crippen LogP contribution in [0.15, 0.2) is 48.5 Å². The minimum absolute atomic E-state index is 0.319. The van der Waals surface area contributed by atoms with Crippen molar-refractivity contribution in [3.8, 4) is 17.2 Å². The summed E-state index contributed by atoms with van der Waals surface area (Å²) in [4.78, 5) is 24.0. The first-order chi connectivity index (χ1) is 12.7. The molecule has 0 amide bonds. The van der Waals surface area contributed by atoms with Gasteiger partial charge in [0.05, 0.1) is 7.11 Å². The largest absolute Gasteiger partial charge is 0.496 e. The Bertz CT molecular complexity index is 840. The number of rotatable bonds is 6. The molecule has 134 valence electrons. The molecule has 6 nitrogen and oxygen atoms in total. The monoisotopic (exact) mass is 354 g/mol. The predicted molar refractivity (Wildman–Crippen MR) is 94.7 cm³/mol. The molecule has 6 heteroatoms. The lowest BCUT2D eigenvalue weighted by Crippen LogP contribution is -2.17. The summed E-state index contributed by atoms with van der Waals surface area (Å²) in [6.45, 7) is 0.568. The van der Waals surface area contributed by atoms with Crippen molar-refractivity contribution in [3.63, 3.8) is 0 Å². The third kappa shape index (κ3) is 4.22. The molecule has 1 heterocycles. The van der Waals surface area contributed by atoms with Crippen LogP contribution >= 0.6 is 0 Å². The molecular weight excluding hydrogens is 336 g/mol. The first-order valence-corrected chi connectivity index (χ1v) is 8.08. The van der Waals surface area contributed by atoms with Crippen molar-refractivity contribution in [3.05, 3.63) is 59.7 Å². The van der Waals surface area contributed by atoms with Gasteiger partial charge in [-0.3, -0.25) is 4.79 Å². The molecule has 0 spiro atoms. The van der Waals surface area contributed by atoms with Crippen LogP contribution in [0.3, 0.4) is 0 Å². The number of fused-ring (bicyclic) bond motifs is 1. The number of carbonyl (C=O) groups is 2. The molecule has 0 unspecified atom stereocenters. The van der Waals surface area contributed by atoms with Gasteiger partial charge < -0.3 is 18.9 Å². The summed E-state index contributed by atoms with van der Waals surface area (Å²) in [5.74, 6) is 0.834. The number of methoxy groups -OCH3 is 1. The van der Waals surface area contributed by atoms with Crippen LogP contribution in [-0.4, -0.2) is 38.7 Å². The molecule has 0 atom stereocenters. The Kier molecular flexibility index (Phi) is 5.53. The molecule has 0 saturated heterocycles. The fourth-order valence-corrected chi connectivity index (χ4v) is 2.45. The van der Waals surface area contributed by atoms with Gasteiger partial charge in [-0.2, -0.15) is 0 Å². The van der Waals surface area contributed by atoms with E-state index in [9.17, 15) is 9.59 Å². The minimum atomic E-state index is -0.609. The first kappa shape index (κ1) is 17.5. The average Bonchev–Trinajstić information content (AvgIpc) is 2.70. The number of hydrogen-bond donors (Lipinski definition) is 0. The Labute approximate surface area is 150 Å². The second-order valence-electron chi connectivity index (χ2n) is 5.46. The van der Waals surface area contributed by atoms with Crippen LogP contribution < -0.4 is 14.2 Å². The van der Waals surface area contributed by atoms with Gasteiger partial charge in [0.2, 0.25) is 0 Å². The number of hydrogen-bond acceptors (Lipinski definition) is 6. The van der Waals surface area contributed by atoms with Gasteiger partial charge in [-0.25, -0.2) is 4.79 Å². The van der Waals surface area contributed by atoms with Gasteiger partial charge >= 0.3 is 5.97 Å². The highest BCUT2D eigenvalue weighted by Gasteiger charge is 2.15. The molecule has 0 bridgehead atoms. The van der Waals surface area contributed by atoms with Gasteiger partial charge in [-0.05, 0) is 30.3 Å². The maximum atomic E-state index is 12.2. The molecule has 0 aliphatic carbocycles. The molecule has 3 rings (SSSR count). The molecule has 0 N–H and O–H groups in total. The van der Waals surface area contributed by atoms with E-state index in [2.05, 4.69) is 0 Å². The highest BCUT2D eigenvalue weighted by atomic mass is 16.6. The Morgan fingerprint density at radius 2 is 1.85 bits per heavy atom. The van der Waals surface area contributed by atoms with Gasteiger partial charge in [0, 0.05) is 17.2 Å². The van der Waals surface area contributed by atoms with Gasteiger partial charge in [0.1, 0.15) is 19.0 Å². The molecule has 26 heavy (non-hydrogen) atoms. The lowest BCUT2D eigenvalue weighted by Gasteiger charge is -2.18. The quantitative estimate of drug-likeness (QED) is 0.451. The summed E-state index contributed by atoms with van der Waals surface area (Å²) in [5.41, 5.74) is 1.14. The molecule has 1 aliphatic heterocycles. The smallest absolute Gasteiger partial charge is 0.331 e. The summed E-state index contributed by atoms with van der Waals surface area (Å²) < 4.78 is 21.1. The lowest BCUT2D eigenvalue weighted by atomic mass is 10.1. The van der Waals surface area contributed by atoms with E-state index < -0.39 is 5.97 Å². The zero-order chi connectivity index (χ0) is 18.4. The van der Waals surface area contributed by atoms with Gasteiger partial charge in [0.15, 0.2) is 23.9 Å². The summed E-state index contributed by atoms with van der Waals surface area (Å²) in [7, 11) is 1.55. The first-order valence-electron chi connectivity index (χ1n) is 8.08. The zero-order valence-electron chi connectivity index (χ0n) is 14.3. The summed E-state index contributed by atoms with van der Waals surface area (Å²) in [6, 6.07) is 12.1. The number of ketones is 1. The molecule has 0 aromatic heterocycles. The normalized spacial score (nSPS) is 12.7. The van der Waals surface area contributed by atoms with E-state index in [0.29, 0.717) is 36.0 Å². The molecule has 0 saturated carbocycles. The molecule has 0 fully saturated rings. The fraction of sp³-hybridized carbons (Fsp3) is 0.200. The van der Waals surface area contributed by atoms with E-state index in [1.54, 1.807) is 37.5 Å². The van der Waals surface area contributed by atoms with E-state index in [0.717, 1.165) is 5.56 Å². The second kappa shape index (κ2) is 8.20. The molecule has 0 radical (unpaired) electrons. The lowest BCUT2D eigenvalue weighted by molar-refractivity contribution is -0.136. The van der Waals surface area contributed by atoms with Crippen molar-refractivity contribution in [1.82, 2.24) is 0 Å². The van der Waals surface area contributed by atoms with E-state index in [-0.39, 0.29) is 12.4 Å². The van der Waals surface area contributed by atoms with Crippen LogP contribution in [0.1, 0.15) is 15.9 Å². The van der Waals surface area contributed by atoms with E-state index in [1.165, 1.54) is 6.08 Å². The molecular formula is C20H18O6. The maximum Gasteiger partial charge on any atom is 0.331 e. The number of para-hydroxylation sites is 1. The molecule has 2 aromatic carbocycles. The van der Waals surface area contributed by atoms with Crippen molar-refractivity contribution in [2.45, 2.75) is 0 Å².